The van der Waals surface area contributed by atoms with Crippen LogP contribution in [0.5, 0.6) is 17.2 Å². The fourth-order valence-corrected chi connectivity index (χ4v) is 9.00. The summed E-state index contributed by atoms with van der Waals surface area (Å²) in [6.45, 7) is 14.5. The van der Waals surface area contributed by atoms with E-state index in [4.69, 9.17) is 29.8 Å². The van der Waals surface area contributed by atoms with E-state index < -0.39 is 53.0 Å². The molecular weight excluding hydrogens is 1120 g/mol. The SMILES string of the molecule is CC(C)(C)OC(=O)N1CCCC(N)C1.CCOc1ccc(C(=O)NC2CCCN(C(=O)C(F)(F)F)C2)cc1.CCOc1ccc(C(=O)NC2CCCN(C(=O)c3cn(-c4ccccc4)nc3C(F)(F)F)C2)cc1.CCOc1ccc(C(=O)O)cc1. The van der Waals surface area contributed by atoms with Crippen LogP contribution in [0, 0.1) is 0 Å². The number of carbonyl (C=O) groups is 6. The molecule has 3 unspecified atom stereocenters. The number of aromatic nitrogens is 2. The summed E-state index contributed by atoms with van der Waals surface area (Å²) < 4.78 is 101. The predicted molar refractivity (Wildman–Crippen MR) is 303 cm³/mol. The lowest BCUT2D eigenvalue weighted by molar-refractivity contribution is -0.186. The number of carbonyl (C=O) groups excluding carboxylic acids is 5. The van der Waals surface area contributed by atoms with Crippen LogP contribution in [0.2, 0.25) is 0 Å². The lowest BCUT2D eigenvalue weighted by atomic mass is 10.0. The topological polar surface area (TPSA) is 237 Å². The van der Waals surface area contributed by atoms with E-state index in [1.807, 2.05) is 41.5 Å². The third-order valence-corrected chi connectivity index (χ3v) is 12.9. The van der Waals surface area contributed by atoms with Gasteiger partial charge >= 0.3 is 30.3 Å². The number of alkyl halides is 6. The first-order valence-corrected chi connectivity index (χ1v) is 27.8. The molecule has 5 N–H and O–H groups in total. The molecule has 0 saturated carbocycles. The highest BCUT2D eigenvalue weighted by Gasteiger charge is 2.44. The maximum absolute atomic E-state index is 13.7. The zero-order valence-electron chi connectivity index (χ0n) is 48.3. The molecule has 3 fully saturated rings. The van der Waals surface area contributed by atoms with Crippen molar-refractivity contribution in [3.8, 4) is 22.9 Å². The Morgan fingerprint density at radius 3 is 1.46 bits per heavy atom. The number of para-hydroxylation sites is 1. The molecule has 85 heavy (non-hydrogen) atoms. The van der Waals surface area contributed by atoms with Gasteiger partial charge in [-0.2, -0.15) is 31.4 Å². The summed E-state index contributed by atoms with van der Waals surface area (Å²) in [5.74, 6) is -2.27. The Kier molecular flexibility index (Phi) is 25.0. The summed E-state index contributed by atoms with van der Waals surface area (Å²) in [5, 5.41) is 17.8. The number of aromatic carboxylic acids is 1. The molecule has 19 nitrogen and oxygen atoms in total. The number of benzene rings is 4. The summed E-state index contributed by atoms with van der Waals surface area (Å²) in [4.78, 5) is 75.1. The second-order valence-corrected chi connectivity index (χ2v) is 20.8. The first-order valence-electron chi connectivity index (χ1n) is 27.8. The van der Waals surface area contributed by atoms with Crippen molar-refractivity contribution in [3.63, 3.8) is 0 Å². The van der Waals surface area contributed by atoms with Gasteiger partial charge in [-0.05, 0) is 165 Å². The van der Waals surface area contributed by atoms with Crippen molar-refractivity contribution in [2.45, 2.75) is 116 Å². The summed E-state index contributed by atoms with van der Waals surface area (Å²) in [5.41, 5.74) is 5.12. The largest absolute Gasteiger partial charge is 0.494 e. The van der Waals surface area contributed by atoms with Crippen molar-refractivity contribution in [2.75, 3.05) is 59.1 Å². The number of hydrogen-bond donors (Lipinski definition) is 4. The highest BCUT2D eigenvalue weighted by atomic mass is 19.4. The number of halogens is 6. The van der Waals surface area contributed by atoms with E-state index in [9.17, 15) is 55.1 Å². The number of ether oxygens (including phenoxy) is 4. The van der Waals surface area contributed by atoms with Gasteiger partial charge in [0.25, 0.3) is 17.7 Å². The van der Waals surface area contributed by atoms with Crippen molar-refractivity contribution < 1.29 is 79.2 Å². The first kappa shape index (κ1) is 67.4. The smallest absolute Gasteiger partial charge is 0.471 e. The van der Waals surface area contributed by atoms with E-state index in [0.717, 1.165) is 35.2 Å². The van der Waals surface area contributed by atoms with Crippen LogP contribution in [0.15, 0.2) is 109 Å². The monoisotopic (exact) mass is 1200 g/mol. The third kappa shape index (κ3) is 21.7. The minimum absolute atomic E-state index is 0.0494. The van der Waals surface area contributed by atoms with Gasteiger partial charge in [0.15, 0.2) is 5.69 Å². The highest BCUT2D eigenvalue weighted by molar-refractivity contribution is 5.97. The molecule has 5 amide bonds. The fourth-order valence-electron chi connectivity index (χ4n) is 9.00. The van der Waals surface area contributed by atoms with Gasteiger partial charge in [0.05, 0.1) is 36.6 Å². The Morgan fingerprint density at radius 1 is 0.600 bits per heavy atom. The molecule has 0 radical (unpaired) electrons. The van der Waals surface area contributed by atoms with E-state index >= 15 is 0 Å². The molecule has 25 heteroatoms. The summed E-state index contributed by atoms with van der Waals surface area (Å²) in [7, 11) is 0. The van der Waals surface area contributed by atoms with Crippen molar-refractivity contribution >= 4 is 35.7 Å². The summed E-state index contributed by atoms with van der Waals surface area (Å²) in [6, 6.07) is 27.0. The van der Waals surface area contributed by atoms with E-state index in [-0.39, 0.29) is 55.2 Å². The van der Waals surface area contributed by atoms with Gasteiger partial charge in [0, 0.05) is 74.7 Å². The van der Waals surface area contributed by atoms with Crippen molar-refractivity contribution in [2.24, 2.45) is 5.73 Å². The van der Waals surface area contributed by atoms with Crippen LogP contribution in [-0.4, -0.2) is 154 Å². The lowest BCUT2D eigenvalue weighted by Gasteiger charge is -2.33. The quantitative estimate of drug-likeness (QED) is 0.0804. The molecule has 4 aromatic carbocycles. The minimum Gasteiger partial charge on any atom is -0.494 e. The highest BCUT2D eigenvalue weighted by Crippen LogP contribution is 2.33. The van der Waals surface area contributed by atoms with Gasteiger partial charge in [-0.15, -0.1) is 0 Å². The third-order valence-electron chi connectivity index (χ3n) is 12.9. The van der Waals surface area contributed by atoms with Crippen LogP contribution in [0.25, 0.3) is 5.69 Å². The van der Waals surface area contributed by atoms with E-state index in [2.05, 4.69) is 15.7 Å². The number of hydrogen-bond acceptors (Lipinski definition) is 12. The first-order chi connectivity index (χ1) is 40.2. The molecule has 5 aromatic rings. The molecule has 462 valence electrons. The zero-order valence-corrected chi connectivity index (χ0v) is 48.3. The maximum Gasteiger partial charge on any atom is 0.471 e. The van der Waals surface area contributed by atoms with Gasteiger partial charge in [0.1, 0.15) is 22.8 Å². The molecule has 4 heterocycles. The Hall–Kier alpha value is -8.35. The second kappa shape index (κ2) is 31.5. The van der Waals surface area contributed by atoms with Gasteiger partial charge in [-0.1, -0.05) is 18.2 Å². The summed E-state index contributed by atoms with van der Waals surface area (Å²) in [6.07, 6.45) is -4.73. The average molecular weight is 1200 g/mol. The number of nitrogens with zero attached hydrogens (tertiary/aromatic N) is 5. The fraction of sp³-hybridized carbons (Fsp3) is 0.450. The molecule has 3 aliphatic heterocycles. The number of carboxylic acids is 1. The average Bonchev–Trinajstić information content (AvgIpc) is 2.32. The van der Waals surface area contributed by atoms with Crippen LogP contribution in [0.3, 0.4) is 0 Å². The normalized spacial score (nSPS) is 17.0. The van der Waals surface area contributed by atoms with Gasteiger partial charge in [-0.3, -0.25) is 19.2 Å². The molecule has 0 bridgehead atoms. The summed E-state index contributed by atoms with van der Waals surface area (Å²) >= 11 is 0. The zero-order chi connectivity index (χ0) is 62.5. The predicted octanol–water partition coefficient (Wildman–Crippen LogP) is 9.82. The van der Waals surface area contributed by atoms with Crippen LogP contribution in [0.1, 0.15) is 127 Å². The molecule has 1 aromatic heterocycles. The molecular formula is C60H74F6N8O11. The van der Waals surface area contributed by atoms with E-state index in [1.165, 1.54) is 17.0 Å². The number of amides is 5. The standard InChI is InChI=1S/C25H25F3N4O3.C16H19F3N2O3.C10H20N2O2.C9H10O3/c1-2-35-20-12-10-17(11-13-20)23(33)29-18-7-6-14-31(15-18)24(34)21-16-32(19-8-4-3-5-9-19)30-22(21)25(26,27)28;1-2-24-13-7-5-11(6-8-13)14(22)20-12-4-3-9-21(10-12)15(23)16(17,18)19;1-10(2,3)14-9(13)12-6-4-5-8(11)7-12;1-2-12-8-5-3-7(4-6-8)9(10)11/h3-5,8-13,16,18H,2,6-7,14-15H2,1H3,(H,29,33);5-8,12H,2-4,9-10H2,1H3,(H,20,22);8H,4-7,11H2,1-3H3;3-6H,2H2,1H3,(H,10,11). The Bertz CT molecular complexity index is 2960. The van der Waals surface area contributed by atoms with Gasteiger partial charge < -0.3 is 55.1 Å². The maximum atomic E-state index is 13.7. The van der Waals surface area contributed by atoms with Crippen LogP contribution in [0.4, 0.5) is 31.1 Å². The Labute approximate surface area is 489 Å². The molecule has 3 atom stereocenters. The van der Waals surface area contributed by atoms with Gasteiger partial charge in [-0.25, -0.2) is 14.3 Å². The number of nitrogens with one attached hydrogen (secondary N) is 2. The Morgan fingerprint density at radius 2 is 1.04 bits per heavy atom. The molecule has 3 aliphatic rings. The minimum atomic E-state index is -4.89. The van der Waals surface area contributed by atoms with E-state index in [0.29, 0.717) is 92.7 Å². The number of nitrogens with two attached hydrogens (primary N) is 1. The van der Waals surface area contributed by atoms with Gasteiger partial charge in [0.2, 0.25) is 0 Å². The molecule has 8 rings (SSSR count). The number of carboxylic acid groups (broad SMARTS) is 1. The van der Waals surface area contributed by atoms with Crippen LogP contribution in [-0.2, 0) is 15.7 Å². The number of likely N-dealkylation sites (tertiary alicyclic amines) is 3. The molecule has 3 saturated heterocycles. The van der Waals surface area contributed by atoms with Crippen LogP contribution >= 0.6 is 0 Å². The van der Waals surface area contributed by atoms with Crippen molar-refractivity contribution in [3.05, 3.63) is 137 Å². The number of rotatable bonds is 13. The van der Waals surface area contributed by atoms with Crippen molar-refractivity contribution in [1.29, 1.82) is 0 Å². The van der Waals surface area contributed by atoms with Crippen molar-refractivity contribution in [1.82, 2.24) is 35.1 Å². The Balaban J connectivity index is 0.000000227. The van der Waals surface area contributed by atoms with Crippen LogP contribution < -0.4 is 30.6 Å². The number of piperidine rings is 3. The van der Waals surface area contributed by atoms with E-state index in [1.54, 1.807) is 95.9 Å². The lowest BCUT2D eigenvalue weighted by Crippen LogP contribution is -2.52. The molecule has 0 aliphatic carbocycles. The molecule has 0 spiro atoms. The second-order valence-electron chi connectivity index (χ2n) is 20.8.